The number of rotatable bonds is 5. The molecule has 0 radical (unpaired) electrons. The first kappa shape index (κ1) is 11.1. The van der Waals surface area contributed by atoms with Gasteiger partial charge in [0.2, 0.25) is 0 Å². The lowest BCUT2D eigenvalue weighted by molar-refractivity contribution is 0.646. The van der Waals surface area contributed by atoms with E-state index >= 15 is 0 Å². The highest BCUT2D eigenvalue weighted by molar-refractivity contribution is 5.79. The van der Waals surface area contributed by atoms with Crippen molar-refractivity contribution in [1.82, 2.24) is 9.78 Å². The number of benzene rings is 1. The van der Waals surface area contributed by atoms with Crippen LogP contribution >= 0.6 is 0 Å². The lowest BCUT2D eigenvalue weighted by Gasteiger charge is -2.02. The van der Waals surface area contributed by atoms with Crippen LogP contribution in [0.3, 0.4) is 0 Å². The standard InChI is InChI=1S/C13H19N3/c1-2-3-4-11-5-6-13-12(9-11)10-15-16(13)8-7-14/h5-6,9-10H,2-4,7-8,14H2,1H3. The Morgan fingerprint density at radius 2 is 2.25 bits per heavy atom. The van der Waals surface area contributed by atoms with E-state index in [2.05, 4.69) is 30.2 Å². The number of hydrogen-bond acceptors (Lipinski definition) is 2. The summed E-state index contributed by atoms with van der Waals surface area (Å²) in [5.74, 6) is 0. The monoisotopic (exact) mass is 217 g/mol. The number of aryl methyl sites for hydroxylation is 1. The first-order valence-electron chi connectivity index (χ1n) is 5.99. The van der Waals surface area contributed by atoms with E-state index in [1.54, 1.807) is 0 Å². The highest BCUT2D eigenvalue weighted by Crippen LogP contribution is 2.17. The van der Waals surface area contributed by atoms with Gasteiger partial charge in [-0.3, -0.25) is 4.68 Å². The number of nitrogens with two attached hydrogens (primary N) is 1. The van der Waals surface area contributed by atoms with Crippen LogP contribution in [-0.2, 0) is 13.0 Å². The van der Waals surface area contributed by atoms with Gasteiger partial charge in [-0.1, -0.05) is 19.4 Å². The van der Waals surface area contributed by atoms with Gasteiger partial charge in [0, 0.05) is 11.9 Å². The summed E-state index contributed by atoms with van der Waals surface area (Å²) >= 11 is 0. The summed E-state index contributed by atoms with van der Waals surface area (Å²) in [5.41, 5.74) is 8.14. The van der Waals surface area contributed by atoms with Gasteiger partial charge in [-0.05, 0) is 30.5 Å². The van der Waals surface area contributed by atoms with Crippen molar-refractivity contribution in [3.63, 3.8) is 0 Å². The van der Waals surface area contributed by atoms with Gasteiger partial charge in [0.15, 0.2) is 0 Å². The molecular formula is C13H19N3. The third kappa shape index (κ3) is 2.25. The summed E-state index contributed by atoms with van der Waals surface area (Å²) in [6.07, 6.45) is 5.59. The first-order valence-corrected chi connectivity index (χ1v) is 5.99. The normalized spacial score (nSPS) is 11.1. The Bertz CT molecular complexity index is 459. The average Bonchev–Trinajstić information content (AvgIpc) is 2.70. The maximum Gasteiger partial charge on any atom is 0.0683 e. The molecule has 0 aliphatic carbocycles. The Morgan fingerprint density at radius 1 is 1.38 bits per heavy atom. The molecule has 0 unspecified atom stereocenters. The summed E-state index contributed by atoms with van der Waals surface area (Å²) in [6.45, 7) is 3.64. The molecule has 0 amide bonds. The minimum Gasteiger partial charge on any atom is -0.329 e. The zero-order valence-electron chi connectivity index (χ0n) is 9.82. The molecule has 16 heavy (non-hydrogen) atoms. The Kier molecular flexibility index (Phi) is 3.57. The smallest absolute Gasteiger partial charge is 0.0683 e. The van der Waals surface area contributed by atoms with Gasteiger partial charge in [0.25, 0.3) is 0 Å². The summed E-state index contributed by atoms with van der Waals surface area (Å²) in [5, 5.41) is 5.57. The minimum atomic E-state index is 0.633. The Balaban J connectivity index is 2.26. The van der Waals surface area contributed by atoms with E-state index in [-0.39, 0.29) is 0 Å². The van der Waals surface area contributed by atoms with Crippen molar-refractivity contribution in [1.29, 1.82) is 0 Å². The maximum absolute atomic E-state index is 5.55. The molecular weight excluding hydrogens is 198 g/mol. The van der Waals surface area contributed by atoms with Crippen LogP contribution in [0, 0.1) is 0 Å². The van der Waals surface area contributed by atoms with Crippen molar-refractivity contribution < 1.29 is 0 Å². The molecule has 1 aromatic heterocycles. The highest BCUT2D eigenvalue weighted by Gasteiger charge is 2.02. The van der Waals surface area contributed by atoms with Crippen LogP contribution in [0.25, 0.3) is 10.9 Å². The van der Waals surface area contributed by atoms with Crippen molar-refractivity contribution in [2.45, 2.75) is 32.7 Å². The largest absolute Gasteiger partial charge is 0.329 e. The molecule has 0 aliphatic heterocycles. The van der Waals surface area contributed by atoms with E-state index in [1.807, 2.05) is 10.9 Å². The summed E-state index contributed by atoms with van der Waals surface area (Å²) in [7, 11) is 0. The zero-order valence-corrected chi connectivity index (χ0v) is 9.82. The topological polar surface area (TPSA) is 43.8 Å². The molecule has 1 aromatic carbocycles. The number of unbranched alkanes of at least 4 members (excludes halogenated alkanes) is 1. The zero-order chi connectivity index (χ0) is 11.4. The molecule has 3 heteroatoms. The molecule has 2 N–H and O–H groups in total. The second-order valence-electron chi connectivity index (χ2n) is 4.15. The lowest BCUT2D eigenvalue weighted by Crippen LogP contribution is -2.10. The SMILES string of the molecule is CCCCc1ccc2c(cnn2CCN)c1. The van der Waals surface area contributed by atoms with Crippen LogP contribution in [0.4, 0.5) is 0 Å². The van der Waals surface area contributed by atoms with Gasteiger partial charge in [0.1, 0.15) is 0 Å². The Hall–Kier alpha value is -1.35. The maximum atomic E-state index is 5.55. The number of aromatic nitrogens is 2. The van der Waals surface area contributed by atoms with Crippen molar-refractivity contribution in [3.8, 4) is 0 Å². The van der Waals surface area contributed by atoms with Crippen molar-refractivity contribution >= 4 is 10.9 Å². The molecule has 86 valence electrons. The van der Waals surface area contributed by atoms with Crippen LogP contribution in [0.1, 0.15) is 25.3 Å². The predicted molar refractivity (Wildman–Crippen MR) is 67.4 cm³/mol. The molecule has 2 rings (SSSR count). The lowest BCUT2D eigenvalue weighted by atomic mass is 10.1. The van der Waals surface area contributed by atoms with Gasteiger partial charge >= 0.3 is 0 Å². The molecule has 0 bridgehead atoms. The molecule has 1 heterocycles. The van der Waals surface area contributed by atoms with Crippen LogP contribution < -0.4 is 5.73 Å². The minimum absolute atomic E-state index is 0.633. The van der Waals surface area contributed by atoms with Gasteiger partial charge < -0.3 is 5.73 Å². The second-order valence-corrected chi connectivity index (χ2v) is 4.15. The molecule has 2 aromatic rings. The number of nitrogens with zero attached hydrogens (tertiary/aromatic N) is 2. The highest BCUT2D eigenvalue weighted by atomic mass is 15.3. The van der Waals surface area contributed by atoms with Gasteiger partial charge in [-0.25, -0.2) is 0 Å². The molecule has 0 saturated carbocycles. The van der Waals surface area contributed by atoms with E-state index in [1.165, 1.54) is 29.3 Å². The third-order valence-corrected chi connectivity index (χ3v) is 2.87. The number of fused-ring (bicyclic) bond motifs is 1. The fraction of sp³-hybridized carbons (Fsp3) is 0.462. The average molecular weight is 217 g/mol. The summed E-state index contributed by atoms with van der Waals surface area (Å²) < 4.78 is 1.97. The summed E-state index contributed by atoms with van der Waals surface area (Å²) in [4.78, 5) is 0. The van der Waals surface area contributed by atoms with Crippen LogP contribution in [0.5, 0.6) is 0 Å². The second kappa shape index (κ2) is 5.12. The first-order chi connectivity index (χ1) is 7.85. The van der Waals surface area contributed by atoms with Crippen LogP contribution in [0.2, 0.25) is 0 Å². The third-order valence-electron chi connectivity index (χ3n) is 2.87. The van der Waals surface area contributed by atoms with Gasteiger partial charge in [-0.15, -0.1) is 0 Å². The van der Waals surface area contributed by atoms with E-state index < -0.39 is 0 Å². The van der Waals surface area contributed by atoms with E-state index in [9.17, 15) is 0 Å². The van der Waals surface area contributed by atoms with Crippen molar-refractivity contribution in [2.24, 2.45) is 5.73 Å². The molecule has 0 spiro atoms. The van der Waals surface area contributed by atoms with Gasteiger partial charge in [0.05, 0.1) is 18.3 Å². The predicted octanol–water partition coefficient (Wildman–Crippen LogP) is 2.34. The molecule has 0 saturated heterocycles. The summed E-state index contributed by atoms with van der Waals surface area (Å²) in [6, 6.07) is 6.60. The molecule has 0 fully saturated rings. The van der Waals surface area contributed by atoms with E-state index in [0.717, 1.165) is 13.0 Å². The Morgan fingerprint density at radius 3 is 3.00 bits per heavy atom. The fourth-order valence-electron chi connectivity index (χ4n) is 1.97. The quantitative estimate of drug-likeness (QED) is 0.835. The van der Waals surface area contributed by atoms with Crippen molar-refractivity contribution in [3.05, 3.63) is 30.0 Å². The fourth-order valence-corrected chi connectivity index (χ4v) is 1.97. The van der Waals surface area contributed by atoms with Gasteiger partial charge in [-0.2, -0.15) is 5.10 Å². The Labute approximate surface area is 96.2 Å². The van der Waals surface area contributed by atoms with Crippen molar-refractivity contribution in [2.75, 3.05) is 6.54 Å². The molecule has 0 aliphatic rings. The van der Waals surface area contributed by atoms with Crippen LogP contribution in [-0.4, -0.2) is 16.3 Å². The van der Waals surface area contributed by atoms with E-state index in [4.69, 9.17) is 5.73 Å². The number of hydrogen-bond donors (Lipinski definition) is 1. The molecule has 3 nitrogen and oxygen atoms in total. The molecule has 0 atom stereocenters. The van der Waals surface area contributed by atoms with E-state index in [0.29, 0.717) is 6.54 Å². The van der Waals surface area contributed by atoms with Crippen LogP contribution in [0.15, 0.2) is 24.4 Å².